The van der Waals surface area contributed by atoms with E-state index in [-0.39, 0.29) is 10.8 Å². The second kappa shape index (κ2) is 6.74. The molecule has 1 amide bonds. The van der Waals surface area contributed by atoms with Crippen LogP contribution in [0.5, 0.6) is 0 Å². The Morgan fingerprint density at radius 2 is 1.93 bits per heavy atom. The van der Waals surface area contributed by atoms with Crippen molar-refractivity contribution in [3.8, 4) is 0 Å². The summed E-state index contributed by atoms with van der Waals surface area (Å²) >= 11 is 1.60. The van der Waals surface area contributed by atoms with Gasteiger partial charge in [-0.05, 0) is 51.0 Å². The van der Waals surface area contributed by atoms with Gasteiger partial charge in [0.05, 0.1) is 22.8 Å². The van der Waals surface area contributed by atoms with Gasteiger partial charge in [0.2, 0.25) is 10.0 Å². The van der Waals surface area contributed by atoms with E-state index in [1.54, 1.807) is 43.2 Å². The smallest absolute Gasteiger partial charge is 0.254 e. The van der Waals surface area contributed by atoms with Gasteiger partial charge >= 0.3 is 0 Å². The Hall–Kier alpha value is -2.23. The third-order valence-corrected chi connectivity index (χ3v) is 6.58. The standard InChI is InChI=1S/C18H22N4O3S2/c1-10-6-14(7-16(12(10)3)27(19,24)25)17(23)21(5)9-15-13(4)20-18-22(15)8-11(2)26-18/h6-8H,9H2,1-5H3,(H2,19,24,25). The number of amides is 1. The van der Waals surface area contributed by atoms with E-state index in [1.807, 2.05) is 24.4 Å². The molecular weight excluding hydrogens is 384 g/mol. The molecule has 2 heterocycles. The van der Waals surface area contributed by atoms with Crippen molar-refractivity contribution in [1.82, 2.24) is 14.3 Å². The quantitative estimate of drug-likeness (QED) is 0.720. The number of primary sulfonamides is 1. The highest BCUT2D eigenvalue weighted by Gasteiger charge is 2.21. The number of hydrogen-bond donors (Lipinski definition) is 1. The van der Waals surface area contributed by atoms with Crippen molar-refractivity contribution >= 4 is 32.2 Å². The summed E-state index contributed by atoms with van der Waals surface area (Å²) in [6.07, 6.45) is 2.00. The molecule has 0 radical (unpaired) electrons. The maximum Gasteiger partial charge on any atom is 0.254 e. The highest BCUT2D eigenvalue weighted by atomic mass is 32.2. The van der Waals surface area contributed by atoms with Crippen LogP contribution < -0.4 is 5.14 Å². The molecule has 0 aliphatic rings. The number of aryl methyl sites for hydroxylation is 3. The van der Waals surface area contributed by atoms with Crippen LogP contribution in [-0.2, 0) is 16.6 Å². The van der Waals surface area contributed by atoms with Gasteiger partial charge in [-0.25, -0.2) is 18.5 Å². The molecular formula is C18H22N4O3S2. The van der Waals surface area contributed by atoms with E-state index in [9.17, 15) is 13.2 Å². The van der Waals surface area contributed by atoms with Crippen LogP contribution in [0.3, 0.4) is 0 Å². The predicted octanol–water partition coefficient (Wildman–Crippen LogP) is 2.55. The molecule has 0 saturated heterocycles. The van der Waals surface area contributed by atoms with E-state index in [4.69, 9.17) is 5.14 Å². The van der Waals surface area contributed by atoms with Crippen molar-refractivity contribution < 1.29 is 13.2 Å². The second-order valence-corrected chi connectivity index (χ2v) is 9.50. The highest BCUT2D eigenvalue weighted by Crippen LogP contribution is 2.24. The Balaban J connectivity index is 1.96. The summed E-state index contributed by atoms with van der Waals surface area (Å²) in [7, 11) is -2.22. The number of carbonyl (C=O) groups is 1. The molecule has 3 aromatic rings. The van der Waals surface area contributed by atoms with Gasteiger partial charge in [0.1, 0.15) is 0 Å². The number of hydrogen-bond acceptors (Lipinski definition) is 5. The van der Waals surface area contributed by atoms with Crippen LogP contribution in [0, 0.1) is 27.7 Å². The van der Waals surface area contributed by atoms with Gasteiger partial charge in [0, 0.05) is 23.7 Å². The third-order valence-electron chi connectivity index (χ3n) is 4.65. The average molecular weight is 407 g/mol. The summed E-state index contributed by atoms with van der Waals surface area (Å²) in [4.78, 5) is 21.0. The topological polar surface area (TPSA) is 97.8 Å². The van der Waals surface area contributed by atoms with Crippen molar-refractivity contribution in [2.75, 3.05) is 7.05 Å². The van der Waals surface area contributed by atoms with Gasteiger partial charge in [-0.2, -0.15) is 0 Å². The normalized spacial score (nSPS) is 11.9. The van der Waals surface area contributed by atoms with Crippen molar-refractivity contribution in [3.05, 3.63) is 51.3 Å². The van der Waals surface area contributed by atoms with Crippen LogP contribution in [0.1, 0.15) is 37.7 Å². The van der Waals surface area contributed by atoms with E-state index in [2.05, 4.69) is 4.98 Å². The fraction of sp³-hybridized carbons (Fsp3) is 0.333. The molecule has 1 aromatic carbocycles. The van der Waals surface area contributed by atoms with Gasteiger partial charge in [-0.1, -0.05) is 0 Å². The molecule has 2 N–H and O–H groups in total. The molecule has 144 valence electrons. The largest absolute Gasteiger partial charge is 0.336 e. The van der Waals surface area contributed by atoms with Crippen LogP contribution in [0.2, 0.25) is 0 Å². The fourth-order valence-electron chi connectivity index (χ4n) is 3.06. The minimum Gasteiger partial charge on any atom is -0.336 e. The van der Waals surface area contributed by atoms with Crippen molar-refractivity contribution in [2.24, 2.45) is 5.14 Å². The molecule has 0 spiro atoms. The first kappa shape index (κ1) is 19.5. The molecule has 0 atom stereocenters. The van der Waals surface area contributed by atoms with Crippen LogP contribution in [0.25, 0.3) is 4.96 Å². The molecule has 27 heavy (non-hydrogen) atoms. The van der Waals surface area contributed by atoms with Gasteiger partial charge in [0.25, 0.3) is 5.91 Å². The number of rotatable bonds is 4. The number of nitrogens with zero attached hydrogens (tertiary/aromatic N) is 3. The molecule has 0 saturated carbocycles. The van der Waals surface area contributed by atoms with Crippen molar-refractivity contribution in [2.45, 2.75) is 39.1 Å². The molecule has 0 aliphatic heterocycles. The van der Waals surface area contributed by atoms with Crippen LogP contribution >= 0.6 is 11.3 Å². The molecule has 0 unspecified atom stereocenters. The predicted molar refractivity (Wildman–Crippen MR) is 106 cm³/mol. The summed E-state index contributed by atoms with van der Waals surface area (Å²) in [6, 6.07) is 3.04. The van der Waals surface area contributed by atoms with Crippen LogP contribution in [0.15, 0.2) is 23.2 Å². The van der Waals surface area contributed by atoms with Gasteiger partial charge in [-0.15, -0.1) is 11.3 Å². The van der Waals surface area contributed by atoms with Crippen LogP contribution in [-0.4, -0.2) is 35.7 Å². The Morgan fingerprint density at radius 3 is 2.56 bits per heavy atom. The number of fused-ring (bicyclic) bond motifs is 1. The molecule has 0 fully saturated rings. The lowest BCUT2D eigenvalue weighted by molar-refractivity contribution is 0.0782. The summed E-state index contributed by atoms with van der Waals surface area (Å²) in [6.45, 7) is 7.73. The minimum absolute atomic E-state index is 0.0179. The number of imidazole rings is 1. The Morgan fingerprint density at radius 1 is 1.26 bits per heavy atom. The lowest BCUT2D eigenvalue weighted by Gasteiger charge is -2.19. The van der Waals surface area contributed by atoms with Crippen molar-refractivity contribution in [3.63, 3.8) is 0 Å². The fourth-order valence-corrected chi connectivity index (χ4v) is 4.83. The lowest BCUT2D eigenvalue weighted by atomic mass is 10.1. The van der Waals surface area contributed by atoms with E-state index in [1.165, 1.54) is 6.07 Å². The van der Waals surface area contributed by atoms with E-state index in [0.29, 0.717) is 23.2 Å². The summed E-state index contributed by atoms with van der Waals surface area (Å²) in [5, 5.41) is 5.30. The van der Waals surface area contributed by atoms with E-state index >= 15 is 0 Å². The zero-order chi connectivity index (χ0) is 20.1. The van der Waals surface area contributed by atoms with E-state index in [0.717, 1.165) is 21.2 Å². The molecule has 9 heteroatoms. The molecule has 0 bridgehead atoms. The third kappa shape index (κ3) is 3.62. The SMILES string of the molecule is Cc1cn2c(CN(C)C(=O)c3cc(C)c(C)c(S(N)(=O)=O)c3)c(C)nc2s1. The van der Waals surface area contributed by atoms with Gasteiger partial charge in [-0.3, -0.25) is 9.20 Å². The summed E-state index contributed by atoms with van der Waals surface area (Å²) in [5.74, 6) is -0.274. The maximum absolute atomic E-state index is 12.9. The number of aromatic nitrogens is 2. The lowest BCUT2D eigenvalue weighted by Crippen LogP contribution is -2.28. The monoisotopic (exact) mass is 406 g/mol. The maximum atomic E-state index is 12.9. The number of sulfonamides is 1. The zero-order valence-electron chi connectivity index (χ0n) is 15.9. The number of thiazole rings is 1. The Labute approximate surface area is 162 Å². The van der Waals surface area contributed by atoms with Crippen molar-refractivity contribution in [1.29, 1.82) is 0 Å². The number of nitrogens with two attached hydrogens (primary N) is 1. The van der Waals surface area contributed by atoms with Gasteiger partial charge < -0.3 is 4.90 Å². The average Bonchev–Trinajstić information content (AvgIpc) is 3.04. The zero-order valence-corrected chi connectivity index (χ0v) is 17.5. The summed E-state index contributed by atoms with van der Waals surface area (Å²) < 4.78 is 25.7. The number of carbonyl (C=O) groups excluding carboxylic acids is 1. The first-order valence-corrected chi connectivity index (χ1v) is 10.7. The summed E-state index contributed by atoms with van der Waals surface area (Å²) in [5.41, 5.74) is 3.35. The van der Waals surface area contributed by atoms with E-state index < -0.39 is 10.0 Å². The molecule has 7 nitrogen and oxygen atoms in total. The molecule has 3 rings (SSSR count). The Bertz CT molecular complexity index is 1160. The minimum atomic E-state index is -3.90. The second-order valence-electron chi connectivity index (χ2n) is 6.76. The Kier molecular flexibility index (Phi) is 4.87. The first-order chi connectivity index (χ1) is 12.5. The number of benzene rings is 1. The first-order valence-electron chi connectivity index (χ1n) is 8.32. The highest BCUT2D eigenvalue weighted by molar-refractivity contribution is 7.89. The molecule has 2 aromatic heterocycles. The molecule has 0 aliphatic carbocycles. The van der Waals surface area contributed by atoms with Crippen LogP contribution in [0.4, 0.5) is 0 Å². The van der Waals surface area contributed by atoms with Gasteiger partial charge in [0.15, 0.2) is 4.96 Å².